The lowest BCUT2D eigenvalue weighted by Gasteiger charge is -2.32. The number of benzene rings is 1. The minimum atomic E-state index is 0.441. The molecule has 0 amide bonds. The molecule has 1 saturated heterocycles. The first-order chi connectivity index (χ1) is 11.8. The minimum absolute atomic E-state index is 0.441. The molecular weight excluding hydrogens is 302 g/mol. The third-order valence-corrected chi connectivity index (χ3v) is 4.79. The van der Waals surface area contributed by atoms with Crippen LogP contribution >= 0.6 is 0 Å². The number of hydrogen-bond acceptors (Lipinski definition) is 5. The second-order valence-electron chi connectivity index (χ2n) is 6.28. The lowest BCUT2D eigenvalue weighted by Crippen LogP contribution is -2.32. The molecule has 0 aliphatic carbocycles. The molecule has 0 radical (unpaired) electrons. The molecule has 1 aliphatic heterocycles. The van der Waals surface area contributed by atoms with Gasteiger partial charge in [-0.15, -0.1) is 5.10 Å². The van der Waals surface area contributed by atoms with Gasteiger partial charge in [-0.2, -0.15) is 10.3 Å². The van der Waals surface area contributed by atoms with Crippen molar-refractivity contribution >= 4 is 0 Å². The number of aromatic nitrogens is 6. The van der Waals surface area contributed by atoms with Crippen molar-refractivity contribution in [3.8, 4) is 17.1 Å². The maximum absolute atomic E-state index is 4.29. The zero-order chi connectivity index (χ0) is 16.4. The van der Waals surface area contributed by atoms with Gasteiger partial charge in [-0.25, -0.2) is 4.68 Å². The zero-order valence-electron chi connectivity index (χ0n) is 13.8. The topological polar surface area (TPSA) is 75.5 Å². The van der Waals surface area contributed by atoms with Gasteiger partial charge in [0.1, 0.15) is 0 Å². The molecule has 0 saturated carbocycles. The average molecular weight is 323 g/mol. The molecule has 124 valence electrons. The minimum Gasteiger partial charge on any atom is -0.297 e. The molecule has 2 aromatic heterocycles. The van der Waals surface area contributed by atoms with E-state index in [0.717, 1.165) is 11.1 Å². The summed E-state index contributed by atoms with van der Waals surface area (Å²) in [4.78, 5) is 2.58. The first-order valence-electron chi connectivity index (χ1n) is 8.44. The fourth-order valence-corrected chi connectivity index (χ4v) is 3.31. The number of aromatic amines is 1. The van der Waals surface area contributed by atoms with Gasteiger partial charge in [-0.05, 0) is 49.2 Å². The Morgan fingerprint density at radius 1 is 1.04 bits per heavy atom. The van der Waals surface area contributed by atoms with Gasteiger partial charge < -0.3 is 0 Å². The Kier molecular flexibility index (Phi) is 4.08. The van der Waals surface area contributed by atoms with Gasteiger partial charge in [0.05, 0.1) is 6.20 Å². The van der Waals surface area contributed by atoms with Crippen molar-refractivity contribution in [2.45, 2.75) is 32.2 Å². The number of nitrogens with one attached hydrogen (secondary N) is 1. The van der Waals surface area contributed by atoms with Gasteiger partial charge in [0.2, 0.25) is 0 Å². The van der Waals surface area contributed by atoms with Crippen molar-refractivity contribution in [3.05, 3.63) is 42.2 Å². The second kappa shape index (κ2) is 6.52. The van der Waals surface area contributed by atoms with E-state index in [1.165, 1.54) is 37.9 Å². The van der Waals surface area contributed by atoms with Crippen LogP contribution < -0.4 is 0 Å². The molecule has 1 aromatic carbocycles. The molecule has 7 heteroatoms. The van der Waals surface area contributed by atoms with Gasteiger partial charge in [0.15, 0.2) is 0 Å². The highest BCUT2D eigenvalue weighted by molar-refractivity contribution is 5.62. The number of rotatable bonds is 4. The normalized spacial score (nSPS) is 17.0. The smallest absolute Gasteiger partial charge is 0.290 e. The summed E-state index contributed by atoms with van der Waals surface area (Å²) in [5, 5.41) is 18.1. The average Bonchev–Trinajstić information content (AvgIpc) is 3.33. The van der Waals surface area contributed by atoms with E-state index in [1.807, 2.05) is 12.4 Å². The zero-order valence-corrected chi connectivity index (χ0v) is 13.8. The van der Waals surface area contributed by atoms with Crippen molar-refractivity contribution in [2.24, 2.45) is 0 Å². The van der Waals surface area contributed by atoms with Gasteiger partial charge >= 0.3 is 0 Å². The van der Waals surface area contributed by atoms with Crippen LogP contribution in [-0.2, 0) is 0 Å². The highest BCUT2D eigenvalue weighted by Crippen LogP contribution is 2.26. The Morgan fingerprint density at radius 2 is 1.83 bits per heavy atom. The standard InChI is InChI=1S/C17H21N7/c1-13(23-9-3-2-4-10-23)14-5-7-15(8-6-14)16-11-18-24(12-16)17-19-21-22-20-17/h5-8,11-13H,2-4,9-10H2,1H3,(H,19,20,21,22). The first kappa shape index (κ1) is 15.0. The SMILES string of the molecule is CC(c1ccc(-c2cnn(-c3nn[nH]n3)c2)cc1)N1CCCCC1. The Bertz CT molecular complexity index is 770. The number of tetrazole rings is 1. The summed E-state index contributed by atoms with van der Waals surface area (Å²) in [6.07, 6.45) is 7.73. The third-order valence-electron chi connectivity index (χ3n) is 4.79. The van der Waals surface area contributed by atoms with E-state index in [0.29, 0.717) is 12.0 Å². The fraction of sp³-hybridized carbons (Fsp3) is 0.412. The summed E-state index contributed by atoms with van der Waals surface area (Å²) in [6.45, 7) is 4.72. The van der Waals surface area contributed by atoms with Crippen LogP contribution in [0.3, 0.4) is 0 Å². The summed E-state index contributed by atoms with van der Waals surface area (Å²) in [5.41, 5.74) is 3.54. The molecule has 0 spiro atoms. The maximum atomic E-state index is 4.29. The molecular formula is C17H21N7. The number of likely N-dealkylation sites (tertiary alicyclic amines) is 1. The Morgan fingerprint density at radius 3 is 2.54 bits per heavy atom. The molecule has 1 aliphatic rings. The number of hydrogen-bond donors (Lipinski definition) is 1. The highest BCUT2D eigenvalue weighted by Gasteiger charge is 2.18. The summed E-state index contributed by atoms with van der Waals surface area (Å²) in [5.74, 6) is 0.441. The van der Waals surface area contributed by atoms with Gasteiger partial charge in [0.25, 0.3) is 5.95 Å². The van der Waals surface area contributed by atoms with Crippen molar-refractivity contribution < 1.29 is 0 Å². The molecule has 3 heterocycles. The van der Waals surface area contributed by atoms with E-state index in [1.54, 1.807) is 4.68 Å². The third kappa shape index (κ3) is 2.94. The van der Waals surface area contributed by atoms with Crippen molar-refractivity contribution in [3.63, 3.8) is 0 Å². The van der Waals surface area contributed by atoms with E-state index in [2.05, 4.69) is 61.8 Å². The van der Waals surface area contributed by atoms with Crippen LogP contribution in [0.5, 0.6) is 0 Å². The van der Waals surface area contributed by atoms with Gasteiger partial charge in [0, 0.05) is 17.8 Å². The van der Waals surface area contributed by atoms with Crippen molar-refractivity contribution in [1.82, 2.24) is 35.3 Å². The van der Waals surface area contributed by atoms with Crippen molar-refractivity contribution in [2.75, 3.05) is 13.1 Å². The van der Waals surface area contributed by atoms with Gasteiger partial charge in [-0.3, -0.25) is 4.90 Å². The van der Waals surface area contributed by atoms with E-state index >= 15 is 0 Å². The quantitative estimate of drug-likeness (QED) is 0.799. The second-order valence-corrected chi connectivity index (χ2v) is 6.28. The predicted octanol–water partition coefficient (Wildman–Crippen LogP) is 2.60. The number of piperidine rings is 1. The van der Waals surface area contributed by atoms with Crippen LogP contribution in [0.25, 0.3) is 17.1 Å². The Hall–Kier alpha value is -2.54. The lowest BCUT2D eigenvalue weighted by molar-refractivity contribution is 0.175. The largest absolute Gasteiger partial charge is 0.297 e. The van der Waals surface area contributed by atoms with E-state index in [4.69, 9.17) is 0 Å². The van der Waals surface area contributed by atoms with E-state index in [9.17, 15) is 0 Å². The molecule has 7 nitrogen and oxygen atoms in total. The maximum Gasteiger partial charge on any atom is 0.290 e. The van der Waals surface area contributed by atoms with Crippen LogP contribution in [0, 0.1) is 0 Å². The van der Waals surface area contributed by atoms with Crippen LogP contribution in [0.15, 0.2) is 36.7 Å². The summed E-state index contributed by atoms with van der Waals surface area (Å²) < 4.78 is 1.61. The van der Waals surface area contributed by atoms with Crippen LogP contribution in [0.1, 0.15) is 37.8 Å². The molecule has 1 unspecified atom stereocenters. The molecule has 1 N–H and O–H groups in total. The predicted molar refractivity (Wildman–Crippen MR) is 90.6 cm³/mol. The summed E-state index contributed by atoms with van der Waals surface area (Å²) in [7, 11) is 0. The monoisotopic (exact) mass is 323 g/mol. The fourth-order valence-electron chi connectivity index (χ4n) is 3.31. The van der Waals surface area contributed by atoms with Crippen LogP contribution in [0.4, 0.5) is 0 Å². The molecule has 3 aromatic rings. The molecule has 4 rings (SSSR count). The lowest BCUT2D eigenvalue weighted by atomic mass is 10.0. The molecule has 1 atom stereocenters. The van der Waals surface area contributed by atoms with Crippen LogP contribution in [0.2, 0.25) is 0 Å². The van der Waals surface area contributed by atoms with E-state index < -0.39 is 0 Å². The van der Waals surface area contributed by atoms with E-state index in [-0.39, 0.29) is 0 Å². The van der Waals surface area contributed by atoms with Gasteiger partial charge in [-0.1, -0.05) is 35.8 Å². The van der Waals surface area contributed by atoms with Crippen LogP contribution in [-0.4, -0.2) is 48.4 Å². The van der Waals surface area contributed by atoms with Crippen molar-refractivity contribution in [1.29, 1.82) is 0 Å². The molecule has 0 bridgehead atoms. The Labute approximate surface area is 140 Å². The first-order valence-corrected chi connectivity index (χ1v) is 8.44. The summed E-state index contributed by atoms with van der Waals surface area (Å²) in [6, 6.07) is 9.24. The Balaban J connectivity index is 1.51. The molecule has 24 heavy (non-hydrogen) atoms. The number of H-pyrrole nitrogens is 1. The number of nitrogens with zero attached hydrogens (tertiary/aromatic N) is 6. The highest BCUT2D eigenvalue weighted by atomic mass is 15.5. The summed E-state index contributed by atoms with van der Waals surface area (Å²) >= 11 is 0. The molecule has 1 fully saturated rings.